The zero-order chi connectivity index (χ0) is 22.8. The van der Waals surface area contributed by atoms with E-state index in [2.05, 4.69) is 31.3 Å². The quantitative estimate of drug-likeness (QED) is 0.546. The summed E-state index contributed by atoms with van der Waals surface area (Å²) in [6.07, 6.45) is 6.78. The number of hydrogen-bond acceptors (Lipinski definition) is 6. The number of nitrogens with zero attached hydrogens (tertiary/aromatic N) is 3. The van der Waals surface area contributed by atoms with Crippen LogP contribution in [0.25, 0.3) is 27.9 Å². The molecular weight excluding hydrogens is 470 g/mol. The van der Waals surface area contributed by atoms with Crippen molar-refractivity contribution in [3.05, 3.63) is 81.2 Å². The first-order valence-corrected chi connectivity index (χ1v) is 10.9. The topological polar surface area (TPSA) is 92.9 Å². The van der Waals surface area contributed by atoms with E-state index in [-0.39, 0.29) is 11.7 Å². The molecule has 0 unspecified atom stereocenters. The van der Waals surface area contributed by atoms with E-state index in [1.807, 2.05) is 38.1 Å². The Labute approximate surface area is 193 Å². The van der Waals surface area contributed by atoms with Crippen LogP contribution in [0.5, 0.6) is 5.88 Å². The van der Waals surface area contributed by atoms with Crippen molar-refractivity contribution in [2.24, 2.45) is 0 Å². The summed E-state index contributed by atoms with van der Waals surface area (Å²) in [7, 11) is 1.76. The molecule has 4 rings (SSSR count). The lowest BCUT2D eigenvalue weighted by molar-refractivity contribution is 0.233. The lowest BCUT2D eigenvalue weighted by atomic mass is 10.0. The average Bonchev–Trinajstić information content (AvgIpc) is 2.76. The van der Waals surface area contributed by atoms with Crippen LogP contribution < -0.4 is 15.6 Å². The lowest BCUT2D eigenvalue weighted by Gasteiger charge is -2.16. The fourth-order valence-corrected chi connectivity index (χ4v) is 3.64. The molecule has 0 saturated heterocycles. The minimum absolute atomic E-state index is 0.0466. The number of pyridine rings is 1. The third kappa shape index (κ3) is 4.27. The van der Waals surface area contributed by atoms with E-state index >= 15 is 0 Å². The minimum Gasteiger partial charge on any atom is -0.475 e. The van der Waals surface area contributed by atoms with Crippen molar-refractivity contribution in [3.8, 4) is 17.0 Å². The molecule has 7 nitrogen and oxygen atoms in total. The molecule has 2 aromatic heterocycles. The Balaban J connectivity index is 1.99. The van der Waals surface area contributed by atoms with Crippen molar-refractivity contribution >= 4 is 38.4 Å². The number of halogens is 1. The van der Waals surface area contributed by atoms with Gasteiger partial charge in [-0.05, 0) is 55.8 Å². The van der Waals surface area contributed by atoms with E-state index in [1.165, 1.54) is 4.68 Å². The number of rotatable bonds is 5. The standard InChI is InChI=1S/C24H22BrN5O2/c1-14(2)32-21-11-10-20-23(28-21)22(15-4-6-17(25)7-5-15)24(31)30(29-20)18-8-9-19(26)16(12-18)13-27-3/h4-14,26-27H,1-3H3/b16-13-,26-19?. The van der Waals surface area contributed by atoms with Crippen molar-refractivity contribution in [2.75, 3.05) is 7.05 Å². The summed E-state index contributed by atoms with van der Waals surface area (Å²) in [6.45, 7) is 3.85. The van der Waals surface area contributed by atoms with Gasteiger partial charge in [-0.15, -0.1) is 0 Å². The number of hydrogen-bond donors (Lipinski definition) is 2. The monoisotopic (exact) mass is 491 g/mol. The number of allylic oxidation sites excluding steroid dienone is 5. The SMILES string of the molecule is CN/C=C1/C=C(n2nc3ccc(OC(C)C)nc3c(-c3ccc(Br)cc3)c2=O)C=CC1=N. The van der Waals surface area contributed by atoms with Crippen LogP contribution in [0.3, 0.4) is 0 Å². The van der Waals surface area contributed by atoms with Crippen LogP contribution in [0.15, 0.2) is 75.7 Å². The van der Waals surface area contributed by atoms with Crippen molar-refractivity contribution in [3.63, 3.8) is 0 Å². The zero-order valence-corrected chi connectivity index (χ0v) is 19.5. The van der Waals surface area contributed by atoms with Gasteiger partial charge in [0.15, 0.2) is 0 Å². The second-order valence-electron chi connectivity index (χ2n) is 7.49. The summed E-state index contributed by atoms with van der Waals surface area (Å²) in [6, 6.07) is 11.1. The molecule has 0 spiro atoms. The number of benzene rings is 1. The fourth-order valence-electron chi connectivity index (χ4n) is 3.37. The van der Waals surface area contributed by atoms with Crippen molar-refractivity contribution in [1.82, 2.24) is 20.1 Å². The molecule has 8 heteroatoms. The Morgan fingerprint density at radius 2 is 1.91 bits per heavy atom. The zero-order valence-electron chi connectivity index (χ0n) is 17.9. The molecule has 0 saturated carbocycles. The molecule has 162 valence electrons. The van der Waals surface area contributed by atoms with Crippen LogP contribution in [-0.2, 0) is 0 Å². The molecule has 1 aliphatic carbocycles. The van der Waals surface area contributed by atoms with E-state index < -0.39 is 0 Å². The van der Waals surface area contributed by atoms with Crippen LogP contribution in [0.4, 0.5) is 0 Å². The van der Waals surface area contributed by atoms with Gasteiger partial charge in [0.05, 0.1) is 23.1 Å². The third-order valence-corrected chi connectivity index (χ3v) is 5.30. The Hall–Kier alpha value is -3.52. The predicted octanol–water partition coefficient (Wildman–Crippen LogP) is 4.54. The van der Waals surface area contributed by atoms with Gasteiger partial charge in [0.1, 0.15) is 11.0 Å². The lowest BCUT2D eigenvalue weighted by Crippen LogP contribution is -2.25. The Bertz CT molecular complexity index is 1350. The van der Waals surface area contributed by atoms with E-state index in [0.717, 1.165) is 10.0 Å². The molecule has 2 N–H and O–H groups in total. The van der Waals surface area contributed by atoms with Gasteiger partial charge in [-0.2, -0.15) is 9.78 Å². The van der Waals surface area contributed by atoms with Crippen LogP contribution in [-0.4, -0.2) is 33.6 Å². The molecule has 0 radical (unpaired) electrons. The number of nitrogens with one attached hydrogen (secondary N) is 2. The predicted molar refractivity (Wildman–Crippen MR) is 131 cm³/mol. The van der Waals surface area contributed by atoms with Crippen molar-refractivity contribution in [1.29, 1.82) is 5.41 Å². The molecule has 3 aromatic rings. The molecule has 0 amide bonds. The molecule has 0 fully saturated rings. The number of fused-ring (bicyclic) bond motifs is 1. The molecule has 32 heavy (non-hydrogen) atoms. The molecule has 0 bridgehead atoms. The molecule has 0 aliphatic heterocycles. The highest BCUT2D eigenvalue weighted by atomic mass is 79.9. The summed E-state index contributed by atoms with van der Waals surface area (Å²) in [5.74, 6) is 0.439. The smallest absolute Gasteiger partial charge is 0.281 e. The molecule has 2 heterocycles. The van der Waals surface area contributed by atoms with Crippen LogP contribution in [0.1, 0.15) is 13.8 Å². The average molecular weight is 492 g/mol. The Morgan fingerprint density at radius 1 is 1.16 bits per heavy atom. The Morgan fingerprint density at radius 3 is 2.59 bits per heavy atom. The largest absolute Gasteiger partial charge is 0.475 e. The number of ether oxygens (including phenoxy) is 1. The first-order chi connectivity index (χ1) is 15.4. The van der Waals surface area contributed by atoms with E-state index in [1.54, 1.807) is 43.6 Å². The fraction of sp³-hybridized carbons (Fsp3) is 0.167. The third-order valence-electron chi connectivity index (χ3n) is 4.77. The molecule has 1 aromatic carbocycles. The minimum atomic E-state index is -0.304. The summed E-state index contributed by atoms with van der Waals surface area (Å²) < 4.78 is 8.03. The second-order valence-corrected chi connectivity index (χ2v) is 8.40. The maximum Gasteiger partial charge on any atom is 0.281 e. The number of aromatic nitrogens is 3. The van der Waals surface area contributed by atoms with Crippen LogP contribution in [0, 0.1) is 5.41 Å². The van der Waals surface area contributed by atoms with E-state index in [4.69, 9.17) is 10.1 Å². The van der Waals surface area contributed by atoms with Crippen LogP contribution in [0.2, 0.25) is 0 Å². The normalized spacial score (nSPS) is 14.8. The highest BCUT2D eigenvalue weighted by Crippen LogP contribution is 2.27. The van der Waals surface area contributed by atoms with Gasteiger partial charge in [-0.1, -0.05) is 28.1 Å². The summed E-state index contributed by atoms with van der Waals surface area (Å²) >= 11 is 3.45. The Kier molecular flexibility index (Phi) is 6.05. The molecule has 0 atom stereocenters. The summed E-state index contributed by atoms with van der Waals surface area (Å²) in [5, 5.41) is 15.6. The highest BCUT2D eigenvalue weighted by Gasteiger charge is 2.19. The summed E-state index contributed by atoms with van der Waals surface area (Å²) in [5.41, 5.74) is 3.47. The van der Waals surface area contributed by atoms with E-state index in [9.17, 15) is 4.79 Å². The van der Waals surface area contributed by atoms with Gasteiger partial charge in [0.25, 0.3) is 5.56 Å². The van der Waals surface area contributed by atoms with E-state index in [0.29, 0.717) is 39.5 Å². The van der Waals surface area contributed by atoms with Gasteiger partial charge < -0.3 is 15.5 Å². The first-order valence-electron chi connectivity index (χ1n) is 10.1. The van der Waals surface area contributed by atoms with Gasteiger partial charge in [0.2, 0.25) is 5.88 Å². The van der Waals surface area contributed by atoms with Crippen molar-refractivity contribution in [2.45, 2.75) is 20.0 Å². The van der Waals surface area contributed by atoms with Gasteiger partial charge >= 0.3 is 0 Å². The molecule has 1 aliphatic rings. The molecular formula is C24H22BrN5O2. The summed E-state index contributed by atoms with van der Waals surface area (Å²) in [4.78, 5) is 18.3. The highest BCUT2D eigenvalue weighted by molar-refractivity contribution is 9.10. The van der Waals surface area contributed by atoms with Crippen molar-refractivity contribution < 1.29 is 4.74 Å². The van der Waals surface area contributed by atoms with Crippen LogP contribution >= 0.6 is 15.9 Å². The van der Waals surface area contributed by atoms with Gasteiger partial charge in [-0.25, -0.2) is 4.98 Å². The first kappa shape index (κ1) is 21.7. The van der Waals surface area contributed by atoms with Gasteiger partial charge in [-0.3, -0.25) is 4.79 Å². The maximum atomic E-state index is 13.7. The maximum absolute atomic E-state index is 13.7. The second kappa shape index (κ2) is 8.92. The van der Waals surface area contributed by atoms with Gasteiger partial charge in [0, 0.05) is 29.4 Å².